The van der Waals surface area contributed by atoms with Gasteiger partial charge >= 0.3 is 5.97 Å². The van der Waals surface area contributed by atoms with Crippen LogP contribution >= 0.6 is 0 Å². The molecule has 94 valence electrons. The van der Waals surface area contributed by atoms with Gasteiger partial charge in [0.1, 0.15) is 5.75 Å². The average Bonchev–Trinajstić information content (AvgIpc) is 2.88. The molecule has 0 amide bonds. The maximum Gasteiger partial charge on any atom is 0.378 e. The second kappa shape index (κ2) is 5.26. The molecule has 18 heavy (non-hydrogen) atoms. The van der Waals surface area contributed by atoms with Crippen molar-refractivity contribution in [2.45, 2.75) is 6.92 Å². The van der Waals surface area contributed by atoms with Crippen LogP contribution in [0.5, 0.6) is 5.75 Å². The summed E-state index contributed by atoms with van der Waals surface area (Å²) in [5.41, 5.74) is 0.656. The predicted molar refractivity (Wildman–Crippen MR) is 61.7 cm³/mol. The lowest BCUT2D eigenvalue weighted by molar-refractivity contribution is 0.0508. The Balaban J connectivity index is 2.32. The number of nitrogens with zero attached hydrogens (tertiary/aromatic N) is 4. The van der Waals surface area contributed by atoms with E-state index in [4.69, 9.17) is 9.47 Å². The van der Waals surface area contributed by atoms with Gasteiger partial charge in [-0.25, -0.2) is 4.79 Å². The Morgan fingerprint density at radius 3 is 2.67 bits per heavy atom. The van der Waals surface area contributed by atoms with E-state index in [0.717, 1.165) is 0 Å². The highest BCUT2D eigenvalue weighted by Gasteiger charge is 2.17. The van der Waals surface area contributed by atoms with Crippen LogP contribution in [0.4, 0.5) is 0 Å². The topological polar surface area (TPSA) is 79.1 Å². The number of hydrogen-bond donors (Lipinski definition) is 0. The third-order valence-electron chi connectivity index (χ3n) is 2.24. The highest BCUT2D eigenvalue weighted by molar-refractivity contribution is 5.85. The van der Waals surface area contributed by atoms with Crippen molar-refractivity contribution in [1.82, 2.24) is 20.2 Å². The van der Waals surface area contributed by atoms with Crippen molar-refractivity contribution in [2.24, 2.45) is 0 Å². The van der Waals surface area contributed by atoms with Crippen LogP contribution < -0.4 is 4.74 Å². The van der Waals surface area contributed by atoms with Crippen LogP contribution in [0.1, 0.15) is 17.5 Å². The number of aromatic nitrogens is 4. The molecule has 0 atom stereocenters. The Kier molecular flexibility index (Phi) is 3.52. The molecule has 0 radical (unpaired) electrons. The van der Waals surface area contributed by atoms with Crippen LogP contribution in [0, 0.1) is 0 Å². The average molecular weight is 248 g/mol. The maximum absolute atomic E-state index is 11.6. The van der Waals surface area contributed by atoms with Gasteiger partial charge in [-0.15, -0.1) is 5.10 Å². The van der Waals surface area contributed by atoms with Crippen LogP contribution in [0.25, 0.3) is 5.69 Å². The molecule has 0 bridgehead atoms. The molecule has 0 saturated carbocycles. The van der Waals surface area contributed by atoms with E-state index in [-0.39, 0.29) is 12.4 Å². The number of tetrazole rings is 1. The Hall–Kier alpha value is -2.44. The van der Waals surface area contributed by atoms with Crippen molar-refractivity contribution >= 4 is 5.97 Å². The van der Waals surface area contributed by atoms with Gasteiger partial charge in [0.25, 0.3) is 5.82 Å². The van der Waals surface area contributed by atoms with Crippen LogP contribution in [0.3, 0.4) is 0 Å². The fourth-order valence-corrected chi connectivity index (χ4v) is 1.41. The minimum atomic E-state index is -0.557. The van der Waals surface area contributed by atoms with Gasteiger partial charge in [-0.1, -0.05) is 0 Å². The molecule has 1 aromatic heterocycles. The zero-order valence-corrected chi connectivity index (χ0v) is 10.0. The summed E-state index contributed by atoms with van der Waals surface area (Å²) in [4.78, 5) is 11.6. The normalized spacial score (nSPS) is 10.1. The van der Waals surface area contributed by atoms with Crippen molar-refractivity contribution < 1.29 is 14.3 Å². The van der Waals surface area contributed by atoms with Gasteiger partial charge in [0.2, 0.25) is 0 Å². The SMILES string of the molecule is CCOC(=O)c1nnnn1-c1ccc(OC)cc1. The number of methoxy groups -OCH3 is 1. The molecule has 0 aliphatic carbocycles. The van der Waals surface area contributed by atoms with E-state index < -0.39 is 5.97 Å². The second-order valence-electron chi connectivity index (χ2n) is 3.33. The third-order valence-corrected chi connectivity index (χ3v) is 2.24. The monoisotopic (exact) mass is 248 g/mol. The van der Waals surface area contributed by atoms with Gasteiger partial charge in [-0.05, 0) is 41.6 Å². The quantitative estimate of drug-likeness (QED) is 0.746. The molecular formula is C11H12N4O3. The van der Waals surface area contributed by atoms with Crippen molar-refractivity contribution in [1.29, 1.82) is 0 Å². The van der Waals surface area contributed by atoms with E-state index in [9.17, 15) is 4.79 Å². The number of esters is 1. The summed E-state index contributed by atoms with van der Waals surface area (Å²) in [6.45, 7) is 1.99. The zero-order chi connectivity index (χ0) is 13.0. The van der Waals surface area contributed by atoms with Crippen molar-refractivity contribution in [3.63, 3.8) is 0 Å². The molecule has 7 nitrogen and oxygen atoms in total. The molecule has 0 fully saturated rings. The molecule has 1 heterocycles. The molecule has 7 heteroatoms. The number of rotatable bonds is 4. The molecule has 2 aromatic rings. The number of ether oxygens (including phenoxy) is 2. The van der Waals surface area contributed by atoms with Gasteiger partial charge < -0.3 is 9.47 Å². The standard InChI is InChI=1S/C11H12N4O3/c1-3-18-11(16)10-12-13-14-15(10)8-4-6-9(17-2)7-5-8/h4-7H,3H2,1-2H3. The zero-order valence-electron chi connectivity index (χ0n) is 10.0. The molecule has 0 saturated heterocycles. The Morgan fingerprint density at radius 1 is 1.33 bits per heavy atom. The van der Waals surface area contributed by atoms with Crippen LogP contribution in [-0.2, 0) is 4.74 Å². The second-order valence-corrected chi connectivity index (χ2v) is 3.33. The van der Waals surface area contributed by atoms with E-state index in [1.54, 1.807) is 38.3 Å². The first-order chi connectivity index (χ1) is 8.76. The molecule has 0 unspecified atom stereocenters. The summed E-state index contributed by atoms with van der Waals surface area (Å²) in [6, 6.07) is 7.01. The summed E-state index contributed by atoms with van der Waals surface area (Å²) in [6.07, 6.45) is 0. The van der Waals surface area contributed by atoms with E-state index >= 15 is 0 Å². The lowest BCUT2D eigenvalue weighted by atomic mass is 10.3. The maximum atomic E-state index is 11.6. The minimum Gasteiger partial charge on any atom is -0.497 e. The van der Waals surface area contributed by atoms with Gasteiger partial charge in [0.15, 0.2) is 0 Å². The Bertz CT molecular complexity index is 535. The van der Waals surface area contributed by atoms with E-state index in [1.165, 1.54) is 4.68 Å². The number of benzene rings is 1. The van der Waals surface area contributed by atoms with E-state index in [2.05, 4.69) is 15.5 Å². The Morgan fingerprint density at radius 2 is 2.06 bits per heavy atom. The number of carbonyl (C=O) groups excluding carboxylic acids is 1. The van der Waals surface area contributed by atoms with Gasteiger partial charge in [0.05, 0.1) is 19.4 Å². The smallest absolute Gasteiger partial charge is 0.378 e. The number of hydrogen-bond acceptors (Lipinski definition) is 6. The third kappa shape index (κ3) is 2.29. The summed E-state index contributed by atoms with van der Waals surface area (Å²) in [5, 5.41) is 10.9. The van der Waals surface area contributed by atoms with Crippen LogP contribution in [0.2, 0.25) is 0 Å². The lowest BCUT2D eigenvalue weighted by Crippen LogP contribution is -2.13. The summed E-state index contributed by atoms with van der Waals surface area (Å²) in [5.74, 6) is 0.199. The molecule has 2 rings (SSSR count). The van der Waals surface area contributed by atoms with Gasteiger partial charge in [0, 0.05) is 0 Å². The molecule has 0 spiro atoms. The van der Waals surface area contributed by atoms with Crippen molar-refractivity contribution in [3.05, 3.63) is 30.1 Å². The summed E-state index contributed by atoms with van der Waals surface area (Å²) >= 11 is 0. The van der Waals surface area contributed by atoms with E-state index in [1.807, 2.05) is 0 Å². The molecule has 0 aliphatic heterocycles. The van der Waals surface area contributed by atoms with E-state index in [0.29, 0.717) is 11.4 Å². The summed E-state index contributed by atoms with van der Waals surface area (Å²) in [7, 11) is 1.58. The predicted octanol–water partition coefficient (Wildman–Crippen LogP) is 0.848. The minimum absolute atomic E-state index is 0.0435. The first kappa shape index (κ1) is 12.0. The highest BCUT2D eigenvalue weighted by Crippen LogP contribution is 2.15. The molecule has 0 N–H and O–H groups in total. The highest BCUT2D eigenvalue weighted by atomic mass is 16.5. The molecule has 0 aliphatic rings. The lowest BCUT2D eigenvalue weighted by Gasteiger charge is -2.05. The first-order valence-electron chi connectivity index (χ1n) is 5.36. The first-order valence-corrected chi connectivity index (χ1v) is 5.36. The number of carbonyl (C=O) groups is 1. The molecule has 1 aromatic carbocycles. The fourth-order valence-electron chi connectivity index (χ4n) is 1.41. The van der Waals surface area contributed by atoms with Gasteiger partial charge in [-0.3, -0.25) is 0 Å². The van der Waals surface area contributed by atoms with Crippen LogP contribution in [0.15, 0.2) is 24.3 Å². The largest absolute Gasteiger partial charge is 0.497 e. The Labute approximate surface area is 103 Å². The molecular weight excluding hydrogens is 236 g/mol. The van der Waals surface area contributed by atoms with Crippen molar-refractivity contribution in [2.75, 3.05) is 13.7 Å². The van der Waals surface area contributed by atoms with Crippen molar-refractivity contribution in [3.8, 4) is 11.4 Å². The fraction of sp³-hybridized carbons (Fsp3) is 0.273. The van der Waals surface area contributed by atoms with Gasteiger partial charge in [-0.2, -0.15) is 4.68 Å². The van der Waals surface area contributed by atoms with Crippen LogP contribution in [-0.4, -0.2) is 39.9 Å². The summed E-state index contributed by atoms with van der Waals surface area (Å²) < 4.78 is 11.2.